The fraction of sp³-hybridized carbons (Fsp3) is 0.267. The highest BCUT2D eigenvalue weighted by molar-refractivity contribution is 7.99. The van der Waals surface area contributed by atoms with Gasteiger partial charge in [-0.1, -0.05) is 41.9 Å². The van der Waals surface area contributed by atoms with Gasteiger partial charge in [-0.2, -0.15) is 11.8 Å². The van der Waals surface area contributed by atoms with Crippen molar-refractivity contribution in [3.63, 3.8) is 0 Å². The van der Waals surface area contributed by atoms with E-state index in [-0.39, 0.29) is 17.2 Å². The van der Waals surface area contributed by atoms with Crippen LogP contribution in [-0.2, 0) is 10.5 Å². The first kappa shape index (κ1) is 19.2. The number of hydrogen-bond acceptors (Lipinski definition) is 5. The normalized spacial score (nSPS) is 10.6. The number of benzene rings is 1. The first-order valence-electron chi connectivity index (χ1n) is 7.03. The minimum Gasteiger partial charge on any atom is -0.325 e. The van der Waals surface area contributed by atoms with Crippen LogP contribution < -0.4 is 10.9 Å². The van der Waals surface area contributed by atoms with Crippen LogP contribution in [0.25, 0.3) is 0 Å². The molecule has 0 bridgehead atoms. The van der Waals surface area contributed by atoms with Crippen molar-refractivity contribution in [1.82, 2.24) is 9.97 Å². The number of aromatic nitrogens is 2. The van der Waals surface area contributed by atoms with Crippen molar-refractivity contribution in [3.05, 3.63) is 50.4 Å². The number of H-pyrrole nitrogens is 1. The highest BCUT2D eigenvalue weighted by Gasteiger charge is 2.08. The Bertz CT molecular complexity index is 763. The van der Waals surface area contributed by atoms with E-state index >= 15 is 0 Å². The zero-order valence-electron chi connectivity index (χ0n) is 12.8. The largest absolute Gasteiger partial charge is 0.325 e. The first-order valence-corrected chi connectivity index (χ1v) is 9.92. The van der Waals surface area contributed by atoms with Crippen LogP contribution in [-0.4, -0.2) is 27.4 Å². The molecule has 0 saturated carbocycles. The smallest absolute Gasteiger partial charge is 0.251 e. The molecule has 9 heteroatoms. The van der Waals surface area contributed by atoms with Gasteiger partial charge in [0.1, 0.15) is 0 Å². The number of nitrogens with one attached hydrogen (secondary N) is 2. The summed E-state index contributed by atoms with van der Waals surface area (Å²) in [6.07, 6.45) is 0. The zero-order valence-corrected chi connectivity index (χ0v) is 15.9. The maximum atomic E-state index is 12.0. The number of aromatic amines is 1. The molecule has 0 spiro atoms. The van der Waals surface area contributed by atoms with E-state index in [0.29, 0.717) is 32.3 Å². The summed E-state index contributed by atoms with van der Waals surface area (Å²) in [6, 6.07) is 6.28. The molecule has 1 heterocycles. The predicted octanol–water partition coefficient (Wildman–Crippen LogP) is 4.06. The van der Waals surface area contributed by atoms with Gasteiger partial charge in [-0.05, 0) is 24.0 Å². The van der Waals surface area contributed by atoms with Crippen LogP contribution >= 0.6 is 46.7 Å². The maximum absolute atomic E-state index is 12.0. The van der Waals surface area contributed by atoms with E-state index in [9.17, 15) is 9.59 Å². The number of anilines is 1. The summed E-state index contributed by atoms with van der Waals surface area (Å²) >= 11 is 14.6. The lowest BCUT2D eigenvalue weighted by molar-refractivity contribution is -0.113. The molecule has 0 atom stereocenters. The number of carbonyl (C=O) groups excluding carboxylic acids is 1. The highest BCUT2D eigenvalue weighted by Crippen LogP contribution is 2.23. The van der Waals surface area contributed by atoms with Crippen molar-refractivity contribution < 1.29 is 4.79 Å². The monoisotopic (exact) mass is 403 g/mol. The molecule has 24 heavy (non-hydrogen) atoms. The van der Waals surface area contributed by atoms with Gasteiger partial charge in [0, 0.05) is 27.6 Å². The lowest BCUT2D eigenvalue weighted by Crippen LogP contribution is -2.15. The molecule has 0 fully saturated rings. The van der Waals surface area contributed by atoms with Gasteiger partial charge in [-0.3, -0.25) is 9.59 Å². The second-order valence-corrected chi connectivity index (χ2v) is 7.79. The number of rotatable bonds is 7. The molecular weight excluding hydrogens is 389 g/mol. The van der Waals surface area contributed by atoms with Gasteiger partial charge in [-0.15, -0.1) is 0 Å². The topological polar surface area (TPSA) is 74.8 Å². The van der Waals surface area contributed by atoms with E-state index in [0.717, 1.165) is 17.5 Å². The average Bonchev–Trinajstić information content (AvgIpc) is 2.49. The summed E-state index contributed by atoms with van der Waals surface area (Å²) in [5, 5.41) is 4.01. The first-order chi connectivity index (χ1) is 11.5. The van der Waals surface area contributed by atoms with Crippen LogP contribution in [0.4, 0.5) is 5.69 Å². The van der Waals surface area contributed by atoms with Crippen LogP contribution in [0.3, 0.4) is 0 Å². The predicted molar refractivity (Wildman–Crippen MR) is 103 cm³/mol. The Kier molecular flexibility index (Phi) is 7.48. The molecule has 0 aliphatic carbocycles. The van der Waals surface area contributed by atoms with Gasteiger partial charge in [0.2, 0.25) is 5.91 Å². The van der Waals surface area contributed by atoms with E-state index in [4.69, 9.17) is 23.2 Å². The SMILES string of the molecule is CCSCc1cc(=O)[nH]c(SCC(=O)Nc2cc(Cl)cc(Cl)c2)n1. The number of halogens is 2. The lowest BCUT2D eigenvalue weighted by Gasteiger charge is -2.07. The summed E-state index contributed by atoms with van der Waals surface area (Å²) in [6.45, 7) is 2.04. The Morgan fingerprint density at radius 1 is 1.25 bits per heavy atom. The summed E-state index contributed by atoms with van der Waals surface area (Å²) < 4.78 is 0. The molecule has 0 radical (unpaired) electrons. The molecule has 0 saturated heterocycles. The molecular formula is C15H15Cl2N3O2S2. The zero-order chi connectivity index (χ0) is 17.5. The Morgan fingerprint density at radius 2 is 1.96 bits per heavy atom. The van der Waals surface area contributed by atoms with Crippen molar-refractivity contribution in [2.75, 3.05) is 16.8 Å². The van der Waals surface area contributed by atoms with Crippen molar-refractivity contribution >= 4 is 58.3 Å². The van der Waals surface area contributed by atoms with Crippen molar-refractivity contribution in [2.24, 2.45) is 0 Å². The average molecular weight is 404 g/mol. The molecule has 1 amide bonds. The molecule has 1 aromatic heterocycles. The lowest BCUT2D eigenvalue weighted by atomic mass is 10.3. The summed E-state index contributed by atoms with van der Waals surface area (Å²) in [5.74, 6) is 1.48. The minimum atomic E-state index is -0.241. The van der Waals surface area contributed by atoms with E-state index < -0.39 is 0 Å². The van der Waals surface area contributed by atoms with Crippen molar-refractivity contribution in [2.45, 2.75) is 17.8 Å². The van der Waals surface area contributed by atoms with E-state index in [1.54, 1.807) is 30.0 Å². The second-order valence-electron chi connectivity index (χ2n) is 4.67. The maximum Gasteiger partial charge on any atom is 0.251 e. The fourth-order valence-electron chi connectivity index (χ4n) is 1.79. The van der Waals surface area contributed by atoms with Gasteiger partial charge < -0.3 is 10.3 Å². The molecule has 1 aromatic carbocycles. The summed E-state index contributed by atoms with van der Waals surface area (Å²) in [4.78, 5) is 30.6. The van der Waals surface area contributed by atoms with Gasteiger partial charge >= 0.3 is 0 Å². The molecule has 0 aliphatic rings. The van der Waals surface area contributed by atoms with Gasteiger partial charge in [-0.25, -0.2) is 4.98 Å². The number of thioether (sulfide) groups is 2. The molecule has 5 nitrogen and oxygen atoms in total. The Labute approximate surface area is 157 Å². The number of amides is 1. The van der Waals surface area contributed by atoms with Gasteiger partial charge in [0.05, 0.1) is 11.4 Å². The van der Waals surface area contributed by atoms with Crippen LogP contribution in [0.1, 0.15) is 12.6 Å². The Hall–Kier alpha value is -1.15. The standard InChI is InChI=1S/C15H15Cl2N3O2S2/c1-2-23-7-12-6-13(21)20-15(19-12)24-8-14(22)18-11-4-9(16)3-10(17)5-11/h3-6H,2,7-8H2,1H3,(H,18,22)(H,19,20,21). The van der Waals surface area contributed by atoms with E-state index in [2.05, 4.69) is 15.3 Å². The van der Waals surface area contributed by atoms with Crippen LogP contribution in [0, 0.1) is 0 Å². The molecule has 2 rings (SSSR count). The highest BCUT2D eigenvalue weighted by atomic mass is 35.5. The van der Waals surface area contributed by atoms with Crippen LogP contribution in [0.5, 0.6) is 0 Å². The van der Waals surface area contributed by atoms with Gasteiger partial charge in [0.15, 0.2) is 5.16 Å². The number of hydrogen-bond donors (Lipinski definition) is 2. The van der Waals surface area contributed by atoms with E-state index in [1.807, 2.05) is 6.92 Å². The molecule has 0 unspecified atom stereocenters. The van der Waals surface area contributed by atoms with E-state index in [1.165, 1.54) is 6.07 Å². The van der Waals surface area contributed by atoms with Crippen LogP contribution in [0.2, 0.25) is 10.0 Å². The fourth-order valence-corrected chi connectivity index (χ4v) is 3.57. The third-order valence-corrected chi connectivity index (χ3v) is 4.93. The summed E-state index contributed by atoms with van der Waals surface area (Å²) in [7, 11) is 0. The quantitative estimate of drug-likeness (QED) is 0.538. The van der Waals surface area contributed by atoms with Crippen LogP contribution in [0.15, 0.2) is 34.2 Å². The molecule has 128 valence electrons. The third-order valence-electron chi connectivity index (χ3n) is 2.71. The Balaban J connectivity index is 1.96. The van der Waals surface area contributed by atoms with Crippen molar-refractivity contribution in [1.29, 1.82) is 0 Å². The molecule has 0 aliphatic heterocycles. The molecule has 2 N–H and O–H groups in total. The van der Waals surface area contributed by atoms with Gasteiger partial charge in [0.25, 0.3) is 5.56 Å². The van der Waals surface area contributed by atoms with Crippen molar-refractivity contribution in [3.8, 4) is 0 Å². The summed E-state index contributed by atoms with van der Waals surface area (Å²) in [5.41, 5.74) is 1.00. The Morgan fingerprint density at radius 3 is 2.62 bits per heavy atom. The number of nitrogens with zero attached hydrogens (tertiary/aromatic N) is 1. The number of carbonyl (C=O) groups is 1. The third kappa shape index (κ3) is 6.39. The second kappa shape index (κ2) is 9.36. The molecule has 2 aromatic rings. The minimum absolute atomic E-state index is 0.109.